The van der Waals surface area contributed by atoms with Crippen LogP contribution in [0.1, 0.15) is 31.4 Å². The van der Waals surface area contributed by atoms with Crippen molar-refractivity contribution in [1.82, 2.24) is 16.0 Å². The van der Waals surface area contributed by atoms with E-state index < -0.39 is 0 Å². The molecule has 2 atom stereocenters. The maximum absolute atomic E-state index is 3.80. The molecule has 0 aliphatic carbocycles. The molecule has 3 nitrogen and oxygen atoms in total. The smallest absolute Gasteiger partial charge is 0.0233 e. The molecule has 1 unspecified atom stereocenters. The summed E-state index contributed by atoms with van der Waals surface area (Å²) >= 11 is 0. The van der Waals surface area contributed by atoms with Gasteiger partial charge in [-0.1, -0.05) is 74.5 Å². The molecule has 3 N–H and O–H groups in total. The highest BCUT2D eigenvalue weighted by Crippen LogP contribution is 2.07. The van der Waals surface area contributed by atoms with Gasteiger partial charge in [0.15, 0.2) is 0 Å². The summed E-state index contributed by atoms with van der Waals surface area (Å²) in [7, 11) is 2.04. The van der Waals surface area contributed by atoms with Crippen molar-refractivity contribution in [2.45, 2.75) is 45.2 Å². The van der Waals surface area contributed by atoms with Crippen molar-refractivity contribution in [3.63, 3.8) is 0 Å². The van der Waals surface area contributed by atoms with E-state index in [0.29, 0.717) is 18.0 Å². The minimum atomic E-state index is 0.433. The summed E-state index contributed by atoms with van der Waals surface area (Å²) in [5.41, 5.74) is 2.79. The zero-order valence-electron chi connectivity index (χ0n) is 17.2. The maximum Gasteiger partial charge on any atom is 0.0233 e. The monoisotopic (exact) mass is 367 g/mol. The molecule has 0 radical (unpaired) electrons. The van der Waals surface area contributed by atoms with E-state index in [2.05, 4.69) is 90.5 Å². The second-order valence-electron chi connectivity index (χ2n) is 7.87. The van der Waals surface area contributed by atoms with E-state index in [9.17, 15) is 0 Å². The Balaban J connectivity index is 1.89. The molecule has 27 heavy (non-hydrogen) atoms. The summed E-state index contributed by atoms with van der Waals surface area (Å²) in [6, 6.07) is 22.5. The van der Waals surface area contributed by atoms with Gasteiger partial charge in [-0.2, -0.15) is 0 Å². The third-order valence-corrected chi connectivity index (χ3v) is 4.87. The molecule has 2 aromatic carbocycles. The Morgan fingerprint density at radius 2 is 1.37 bits per heavy atom. The zero-order chi connectivity index (χ0) is 19.3. The lowest BCUT2D eigenvalue weighted by Gasteiger charge is -2.25. The molecule has 3 heteroatoms. The van der Waals surface area contributed by atoms with Crippen LogP contribution in [0.2, 0.25) is 0 Å². The molecule has 2 aromatic rings. The van der Waals surface area contributed by atoms with Crippen molar-refractivity contribution >= 4 is 0 Å². The average molecular weight is 368 g/mol. The van der Waals surface area contributed by atoms with Crippen LogP contribution in [0, 0.1) is 5.92 Å². The molecular formula is C24H37N3. The molecule has 0 aliphatic heterocycles. The van der Waals surface area contributed by atoms with Crippen LogP contribution in [-0.2, 0) is 12.8 Å². The average Bonchev–Trinajstić information content (AvgIpc) is 2.67. The van der Waals surface area contributed by atoms with Crippen LogP contribution in [-0.4, -0.2) is 38.8 Å². The number of rotatable bonds is 13. The van der Waals surface area contributed by atoms with E-state index in [1.54, 1.807) is 0 Å². The van der Waals surface area contributed by atoms with Gasteiger partial charge < -0.3 is 16.0 Å². The third-order valence-electron chi connectivity index (χ3n) is 4.87. The largest absolute Gasteiger partial charge is 0.318 e. The quantitative estimate of drug-likeness (QED) is 0.506. The summed E-state index contributed by atoms with van der Waals surface area (Å²) < 4.78 is 0. The summed E-state index contributed by atoms with van der Waals surface area (Å²) in [4.78, 5) is 0. The van der Waals surface area contributed by atoms with Crippen LogP contribution in [0.25, 0.3) is 0 Å². The normalized spacial score (nSPS) is 13.6. The van der Waals surface area contributed by atoms with E-state index in [1.165, 1.54) is 17.5 Å². The van der Waals surface area contributed by atoms with Crippen LogP contribution in [0.15, 0.2) is 60.7 Å². The minimum Gasteiger partial charge on any atom is -0.318 e. The van der Waals surface area contributed by atoms with Gasteiger partial charge >= 0.3 is 0 Å². The van der Waals surface area contributed by atoms with Crippen molar-refractivity contribution < 1.29 is 0 Å². The number of likely N-dealkylation sites (N-methyl/N-ethyl adjacent to an activating group) is 1. The molecule has 0 saturated carbocycles. The van der Waals surface area contributed by atoms with E-state index in [1.807, 2.05) is 7.05 Å². The van der Waals surface area contributed by atoms with Crippen LogP contribution >= 0.6 is 0 Å². The zero-order valence-corrected chi connectivity index (χ0v) is 17.2. The Morgan fingerprint density at radius 3 is 1.96 bits per heavy atom. The van der Waals surface area contributed by atoms with E-state index in [4.69, 9.17) is 0 Å². The summed E-state index contributed by atoms with van der Waals surface area (Å²) in [6.45, 7) is 7.60. The molecular weight excluding hydrogens is 330 g/mol. The van der Waals surface area contributed by atoms with Crippen molar-refractivity contribution in [2.75, 3.05) is 26.7 Å². The molecule has 0 amide bonds. The van der Waals surface area contributed by atoms with E-state index >= 15 is 0 Å². The highest BCUT2D eigenvalue weighted by Gasteiger charge is 2.14. The van der Waals surface area contributed by atoms with Gasteiger partial charge in [0.2, 0.25) is 0 Å². The Labute approximate surface area is 166 Å². The third kappa shape index (κ3) is 9.18. The Morgan fingerprint density at radius 1 is 0.741 bits per heavy atom. The maximum atomic E-state index is 3.80. The fourth-order valence-electron chi connectivity index (χ4n) is 3.54. The molecule has 0 saturated heterocycles. The van der Waals surface area contributed by atoms with Crippen LogP contribution in [0.4, 0.5) is 0 Å². The summed E-state index contributed by atoms with van der Waals surface area (Å²) in [5, 5.41) is 10.9. The first-order valence-electron chi connectivity index (χ1n) is 10.4. The van der Waals surface area contributed by atoms with Gasteiger partial charge in [0, 0.05) is 25.2 Å². The second-order valence-corrected chi connectivity index (χ2v) is 7.87. The lowest BCUT2D eigenvalue weighted by molar-refractivity contribution is 0.375. The molecule has 0 aliphatic rings. The fraction of sp³-hybridized carbons (Fsp3) is 0.500. The second kappa shape index (κ2) is 12.7. The first kappa shape index (κ1) is 21.6. The number of nitrogens with one attached hydrogen (secondary N) is 3. The predicted octanol–water partition coefficient (Wildman–Crippen LogP) is 3.65. The summed E-state index contributed by atoms with van der Waals surface area (Å²) in [6.07, 6.45) is 3.32. The van der Waals surface area contributed by atoms with Gasteiger partial charge in [0.25, 0.3) is 0 Å². The lowest BCUT2D eigenvalue weighted by Crippen LogP contribution is -2.47. The van der Waals surface area contributed by atoms with Gasteiger partial charge in [-0.3, -0.25) is 0 Å². The molecule has 2 rings (SSSR count). The van der Waals surface area contributed by atoms with Crippen molar-refractivity contribution in [1.29, 1.82) is 0 Å². The molecule has 148 valence electrons. The first-order chi connectivity index (χ1) is 13.2. The van der Waals surface area contributed by atoms with Crippen molar-refractivity contribution in [2.24, 2.45) is 5.92 Å². The number of hydrogen-bond acceptors (Lipinski definition) is 3. The van der Waals surface area contributed by atoms with Crippen molar-refractivity contribution in [3.8, 4) is 0 Å². The van der Waals surface area contributed by atoms with Gasteiger partial charge in [0.05, 0.1) is 0 Å². The topological polar surface area (TPSA) is 36.1 Å². The van der Waals surface area contributed by atoms with Gasteiger partial charge in [-0.15, -0.1) is 0 Å². The van der Waals surface area contributed by atoms with Crippen LogP contribution < -0.4 is 16.0 Å². The Bertz CT molecular complexity index is 598. The van der Waals surface area contributed by atoms with Gasteiger partial charge in [0.1, 0.15) is 0 Å². The van der Waals surface area contributed by atoms with E-state index in [-0.39, 0.29) is 0 Å². The Hall–Kier alpha value is -1.68. The molecule has 0 fully saturated rings. The molecule has 0 heterocycles. The summed E-state index contributed by atoms with van der Waals surface area (Å²) in [5.74, 6) is 0.703. The number of benzene rings is 2. The van der Waals surface area contributed by atoms with Gasteiger partial charge in [-0.25, -0.2) is 0 Å². The molecule has 0 bridgehead atoms. The predicted molar refractivity (Wildman–Crippen MR) is 117 cm³/mol. The SMILES string of the molecule is CNCC(CC(C)C)NC[C@H](Cc1ccccc1)NCCc1ccccc1. The number of hydrogen-bond donors (Lipinski definition) is 3. The van der Waals surface area contributed by atoms with Crippen molar-refractivity contribution in [3.05, 3.63) is 71.8 Å². The lowest BCUT2D eigenvalue weighted by atomic mass is 10.0. The standard InChI is InChI=1S/C24H37N3/c1-20(2)16-23(18-25-3)27-19-24(17-22-12-8-5-9-13-22)26-15-14-21-10-6-4-7-11-21/h4-13,20,23-27H,14-19H2,1-3H3/t23?,24-/m0/s1. The fourth-order valence-corrected chi connectivity index (χ4v) is 3.54. The van der Waals surface area contributed by atoms with Crippen LogP contribution in [0.5, 0.6) is 0 Å². The molecule has 0 spiro atoms. The van der Waals surface area contributed by atoms with E-state index in [0.717, 1.165) is 32.5 Å². The highest BCUT2D eigenvalue weighted by molar-refractivity contribution is 5.17. The first-order valence-corrected chi connectivity index (χ1v) is 10.4. The molecule has 0 aromatic heterocycles. The van der Waals surface area contributed by atoms with Crippen LogP contribution in [0.3, 0.4) is 0 Å². The van der Waals surface area contributed by atoms with Gasteiger partial charge in [-0.05, 0) is 49.9 Å². The minimum absolute atomic E-state index is 0.433. The Kier molecular flexibility index (Phi) is 10.1. The highest BCUT2D eigenvalue weighted by atomic mass is 15.0.